The van der Waals surface area contributed by atoms with Crippen LogP contribution in [0.15, 0.2) is 48.5 Å². The first-order valence-corrected chi connectivity index (χ1v) is 11.6. The maximum Gasteiger partial charge on any atom is 0.253 e. The SMILES string of the molecule is COCCCNC(=O)C(NC(=O)c1cccc(C)c1)C1CCN(C(=O)c2cccc(F)c2)CC1. The largest absolute Gasteiger partial charge is 0.385 e. The fraction of sp³-hybridized carbons (Fsp3) is 0.423. The van der Waals surface area contributed by atoms with Crippen LogP contribution in [0.5, 0.6) is 0 Å². The Morgan fingerprint density at radius 2 is 1.79 bits per heavy atom. The van der Waals surface area contributed by atoms with E-state index >= 15 is 0 Å². The van der Waals surface area contributed by atoms with Gasteiger partial charge in [-0.05, 0) is 62.4 Å². The Bertz CT molecular complexity index is 1010. The third kappa shape index (κ3) is 6.87. The zero-order chi connectivity index (χ0) is 24.5. The Balaban J connectivity index is 1.67. The van der Waals surface area contributed by atoms with Gasteiger partial charge in [-0.2, -0.15) is 0 Å². The molecule has 2 aromatic rings. The normalized spacial score (nSPS) is 15.0. The van der Waals surface area contributed by atoms with Gasteiger partial charge in [0.05, 0.1) is 0 Å². The first-order valence-electron chi connectivity index (χ1n) is 11.6. The summed E-state index contributed by atoms with van der Waals surface area (Å²) in [5.41, 5.74) is 1.76. The van der Waals surface area contributed by atoms with Crippen molar-refractivity contribution in [2.75, 3.05) is 33.4 Å². The van der Waals surface area contributed by atoms with Crippen LogP contribution < -0.4 is 10.6 Å². The molecule has 1 fully saturated rings. The van der Waals surface area contributed by atoms with E-state index in [4.69, 9.17) is 4.74 Å². The van der Waals surface area contributed by atoms with E-state index in [0.29, 0.717) is 56.6 Å². The summed E-state index contributed by atoms with van der Waals surface area (Å²) in [5.74, 6) is -1.37. The van der Waals surface area contributed by atoms with Crippen molar-refractivity contribution in [3.8, 4) is 0 Å². The number of halogens is 1. The van der Waals surface area contributed by atoms with Crippen molar-refractivity contribution in [1.29, 1.82) is 0 Å². The first-order chi connectivity index (χ1) is 16.4. The van der Waals surface area contributed by atoms with Crippen molar-refractivity contribution >= 4 is 17.7 Å². The molecule has 34 heavy (non-hydrogen) atoms. The standard InChI is InChI=1S/C26H32FN3O4/c1-18-6-3-7-20(16-18)24(31)29-23(25(32)28-12-5-15-34-2)19-10-13-30(14-11-19)26(33)21-8-4-9-22(27)17-21/h3-4,6-9,16-17,19,23H,5,10-15H2,1-2H3,(H,28,32)(H,29,31). The minimum atomic E-state index is -0.720. The van der Waals surface area contributed by atoms with Gasteiger partial charge in [-0.1, -0.05) is 23.8 Å². The highest BCUT2D eigenvalue weighted by Gasteiger charge is 2.34. The Morgan fingerprint density at radius 3 is 2.47 bits per heavy atom. The highest BCUT2D eigenvalue weighted by atomic mass is 19.1. The third-order valence-corrected chi connectivity index (χ3v) is 6.04. The summed E-state index contributed by atoms with van der Waals surface area (Å²) in [7, 11) is 1.60. The number of amides is 3. The van der Waals surface area contributed by atoms with Crippen LogP contribution in [0.1, 0.15) is 45.5 Å². The average Bonchev–Trinajstić information content (AvgIpc) is 2.84. The van der Waals surface area contributed by atoms with E-state index in [2.05, 4.69) is 10.6 Å². The van der Waals surface area contributed by atoms with Crippen LogP contribution in [0.25, 0.3) is 0 Å². The number of ether oxygens (including phenoxy) is 1. The van der Waals surface area contributed by atoms with Crippen LogP contribution in [0.4, 0.5) is 4.39 Å². The summed E-state index contributed by atoms with van der Waals surface area (Å²) in [6.45, 7) is 3.73. The lowest BCUT2D eigenvalue weighted by Gasteiger charge is -2.36. The lowest BCUT2D eigenvalue weighted by molar-refractivity contribution is -0.124. The minimum Gasteiger partial charge on any atom is -0.385 e. The Hall–Kier alpha value is -3.26. The summed E-state index contributed by atoms with van der Waals surface area (Å²) in [6, 6.07) is 12.1. The molecule has 1 heterocycles. The lowest BCUT2D eigenvalue weighted by Crippen LogP contribution is -2.54. The van der Waals surface area contributed by atoms with Gasteiger partial charge >= 0.3 is 0 Å². The van der Waals surface area contributed by atoms with Gasteiger partial charge < -0.3 is 20.3 Å². The Morgan fingerprint density at radius 1 is 1.09 bits per heavy atom. The van der Waals surface area contributed by atoms with Crippen LogP contribution in [-0.4, -0.2) is 62.0 Å². The van der Waals surface area contributed by atoms with E-state index in [-0.39, 0.29) is 23.6 Å². The second kappa shape index (κ2) is 12.3. The van der Waals surface area contributed by atoms with Gasteiger partial charge in [0, 0.05) is 44.5 Å². The number of hydrogen-bond acceptors (Lipinski definition) is 4. The number of nitrogens with one attached hydrogen (secondary N) is 2. The molecule has 1 unspecified atom stereocenters. The van der Waals surface area contributed by atoms with E-state index in [1.165, 1.54) is 18.2 Å². The van der Waals surface area contributed by atoms with Crippen molar-refractivity contribution in [2.45, 2.75) is 32.2 Å². The van der Waals surface area contributed by atoms with Crippen molar-refractivity contribution in [2.24, 2.45) is 5.92 Å². The zero-order valence-corrected chi connectivity index (χ0v) is 19.7. The molecule has 0 bridgehead atoms. The van der Waals surface area contributed by atoms with Crippen LogP contribution >= 0.6 is 0 Å². The maximum atomic E-state index is 13.5. The van der Waals surface area contributed by atoms with Crippen LogP contribution in [0, 0.1) is 18.7 Å². The smallest absolute Gasteiger partial charge is 0.253 e. The molecule has 1 aliphatic rings. The lowest BCUT2D eigenvalue weighted by atomic mass is 9.88. The molecule has 3 rings (SSSR count). The molecule has 1 saturated heterocycles. The van der Waals surface area contributed by atoms with E-state index in [1.54, 1.807) is 36.3 Å². The van der Waals surface area contributed by atoms with Crippen LogP contribution in [0.2, 0.25) is 0 Å². The fourth-order valence-corrected chi connectivity index (χ4v) is 4.19. The van der Waals surface area contributed by atoms with Gasteiger partial charge in [0.2, 0.25) is 5.91 Å². The van der Waals surface area contributed by atoms with Gasteiger partial charge in [0.15, 0.2) is 0 Å². The van der Waals surface area contributed by atoms with Gasteiger partial charge in [-0.3, -0.25) is 14.4 Å². The molecule has 1 aliphatic heterocycles. The highest BCUT2D eigenvalue weighted by molar-refractivity contribution is 5.98. The van der Waals surface area contributed by atoms with Crippen molar-refractivity contribution in [3.63, 3.8) is 0 Å². The minimum absolute atomic E-state index is 0.132. The van der Waals surface area contributed by atoms with Crippen LogP contribution in [-0.2, 0) is 9.53 Å². The van der Waals surface area contributed by atoms with E-state index in [1.807, 2.05) is 13.0 Å². The monoisotopic (exact) mass is 469 g/mol. The molecule has 0 radical (unpaired) electrons. The first kappa shape index (κ1) is 25.4. The summed E-state index contributed by atoms with van der Waals surface area (Å²) in [6.07, 6.45) is 1.76. The number of benzene rings is 2. The summed E-state index contributed by atoms with van der Waals surface area (Å²) >= 11 is 0. The predicted octanol–water partition coefficient (Wildman–Crippen LogP) is 2.94. The second-order valence-electron chi connectivity index (χ2n) is 8.60. The predicted molar refractivity (Wildman–Crippen MR) is 127 cm³/mol. The molecule has 2 aromatic carbocycles. The molecule has 0 saturated carbocycles. The number of carbonyl (C=O) groups excluding carboxylic acids is 3. The number of rotatable bonds is 9. The summed E-state index contributed by atoms with van der Waals surface area (Å²) < 4.78 is 18.6. The quantitative estimate of drug-likeness (QED) is 0.553. The molecule has 7 nitrogen and oxygen atoms in total. The molecule has 8 heteroatoms. The topological polar surface area (TPSA) is 87.7 Å². The molecule has 0 aliphatic carbocycles. The number of hydrogen-bond donors (Lipinski definition) is 2. The molecule has 182 valence electrons. The zero-order valence-electron chi connectivity index (χ0n) is 19.7. The van der Waals surface area contributed by atoms with Crippen LogP contribution in [0.3, 0.4) is 0 Å². The van der Waals surface area contributed by atoms with Gasteiger partial charge in [0.25, 0.3) is 11.8 Å². The molecular formula is C26H32FN3O4. The van der Waals surface area contributed by atoms with Gasteiger partial charge in [-0.15, -0.1) is 0 Å². The summed E-state index contributed by atoms with van der Waals surface area (Å²) in [4.78, 5) is 40.4. The maximum absolute atomic E-state index is 13.5. The summed E-state index contributed by atoms with van der Waals surface area (Å²) in [5, 5.41) is 5.81. The molecule has 2 N–H and O–H groups in total. The number of carbonyl (C=O) groups is 3. The van der Waals surface area contributed by atoms with E-state index in [0.717, 1.165) is 5.56 Å². The third-order valence-electron chi connectivity index (χ3n) is 6.04. The molecule has 3 amide bonds. The molecule has 1 atom stereocenters. The van der Waals surface area contributed by atoms with Crippen molar-refractivity contribution in [1.82, 2.24) is 15.5 Å². The van der Waals surface area contributed by atoms with Crippen molar-refractivity contribution < 1.29 is 23.5 Å². The number of methoxy groups -OCH3 is 1. The number of likely N-dealkylation sites (tertiary alicyclic amines) is 1. The van der Waals surface area contributed by atoms with Gasteiger partial charge in [-0.25, -0.2) is 4.39 Å². The molecule has 0 spiro atoms. The number of nitrogens with zero attached hydrogens (tertiary/aromatic N) is 1. The van der Waals surface area contributed by atoms with E-state index in [9.17, 15) is 18.8 Å². The molecular weight excluding hydrogens is 437 g/mol. The Kier molecular flexibility index (Phi) is 9.16. The number of aryl methyl sites for hydroxylation is 1. The molecule has 0 aromatic heterocycles. The van der Waals surface area contributed by atoms with Gasteiger partial charge in [0.1, 0.15) is 11.9 Å². The number of piperidine rings is 1. The highest BCUT2D eigenvalue weighted by Crippen LogP contribution is 2.23. The fourth-order valence-electron chi connectivity index (χ4n) is 4.19. The second-order valence-corrected chi connectivity index (χ2v) is 8.60. The average molecular weight is 470 g/mol. The van der Waals surface area contributed by atoms with Crippen molar-refractivity contribution in [3.05, 3.63) is 71.0 Å². The van der Waals surface area contributed by atoms with E-state index < -0.39 is 11.9 Å². The Labute approximate surface area is 199 Å².